The summed E-state index contributed by atoms with van der Waals surface area (Å²) in [5.74, 6) is 0.639. The van der Waals surface area contributed by atoms with Gasteiger partial charge in [-0.05, 0) is 30.5 Å². The van der Waals surface area contributed by atoms with Gasteiger partial charge in [-0.3, -0.25) is 4.79 Å². The first-order valence-electron chi connectivity index (χ1n) is 7.97. The van der Waals surface area contributed by atoms with Gasteiger partial charge < -0.3 is 19.8 Å². The van der Waals surface area contributed by atoms with Crippen molar-refractivity contribution in [2.24, 2.45) is 5.73 Å². The Balaban J connectivity index is 1.74. The van der Waals surface area contributed by atoms with Crippen molar-refractivity contribution in [1.29, 1.82) is 0 Å². The van der Waals surface area contributed by atoms with Crippen LogP contribution in [-0.2, 0) is 16.1 Å². The minimum absolute atomic E-state index is 0.0804. The van der Waals surface area contributed by atoms with Crippen molar-refractivity contribution >= 4 is 5.91 Å². The Kier molecular flexibility index (Phi) is 5.10. The van der Waals surface area contributed by atoms with Crippen LogP contribution in [0.1, 0.15) is 30.2 Å². The second kappa shape index (κ2) is 7.44. The van der Waals surface area contributed by atoms with Gasteiger partial charge in [-0.25, -0.2) is 0 Å². The normalized spacial score (nSPS) is 18.7. The lowest BCUT2D eigenvalue weighted by atomic mass is 10.1. The lowest BCUT2D eigenvalue weighted by Gasteiger charge is -2.27. The van der Waals surface area contributed by atoms with Crippen molar-refractivity contribution in [3.8, 4) is 0 Å². The lowest BCUT2D eigenvalue weighted by molar-refractivity contribution is -0.135. The van der Waals surface area contributed by atoms with Crippen LogP contribution in [0.25, 0.3) is 0 Å². The van der Waals surface area contributed by atoms with Crippen molar-refractivity contribution in [3.63, 3.8) is 0 Å². The van der Waals surface area contributed by atoms with E-state index in [-0.39, 0.29) is 12.0 Å². The van der Waals surface area contributed by atoms with Crippen LogP contribution in [0.15, 0.2) is 53.1 Å². The molecule has 0 unspecified atom stereocenters. The Labute approximate surface area is 136 Å². The topological polar surface area (TPSA) is 68.7 Å². The number of nitrogens with two attached hydrogens (primary N) is 1. The fourth-order valence-electron chi connectivity index (χ4n) is 2.86. The highest BCUT2D eigenvalue weighted by Gasteiger charge is 2.27. The Morgan fingerprint density at radius 3 is 2.74 bits per heavy atom. The van der Waals surface area contributed by atoms with Gasteiger partial charge in [0.25, 0.3) is 0 Å². The second-order valence-corrected chi connectivity index (χ2v) is 5.82. The van der Waals surface area contributed by atoms with Gasteiger partial charge in [0, 0.05) is 13.2 Å². The zero-order valence-electron chi connectivity index (χ0n) is 13.1. The molecule has 1 aromatic heterocycles. The molecule has 5 nitrogen and oxygen atoms in total. The van der Waals surface area contributed by atoms with Gasteiger partial charge in [0.05, 0.1) is 18.9 Å². The van der Waals surface area contributed by atoms with E-state index in [1.807, 2.05) is 42.5 Å². The molecule has 1 aromatic carbocycles. The van der Waals surface area contributed by atoms with Gasteiger partial charge in [0.1, 0.15) is 11.8 Å². The fourth-order valence-corrected chi connectivity index (χ4v) is 2.86. The Morgan fingerprint density at radius 2 is 2.09 bits per heavy atom. The van der Waals surface area contributed by atoms with E-state index in [0.717, 1.165) is 30.8 Å². The van der Waals surface area contributed by atoms with E-state index in [1.54, 1.807) is 11.2 Å². The van der Waals surface area contributed by atoms with E-state index in [1.165, 1.54) is 0 Å². The van der Waals surface area contributed by atoms with Crippen LogP contribution in [0.3, 0.4) is 0 Å². The molecule has 5 heteroatoms. The maximum atomic E-state index is 12.9. The minimum atomic E-state index is -0.674. The third kappa shape index (κ3) is 4.00. The highest BCUT2D eigenvalue weighted by Crippen LogP contribution is 2.19. The van der Waals surface area contributed by atoms with Gasteiger partial charge in [-0.15, -0.1) is 0 Å². The number of amides is 1. The van der Waals surface area contributed by atoms with E-state index in [0.29, 0.717) is 13.1 Å². The number of ether oxygens (including phenoxy) is 1. The smallest absolute Gasteiger partial charge is 0.244 e. The molecule has 3 rings (SSSR count). The predicted molar refractivity (Wildman–Crippen MR) is 86.5 cm³/mol. The van der Waals surface area contributed by atoms with Gasteiger partial charge >= 0.3 is 0 Å². The minimum Gasteiger partial charge on any atom is -0.467 e. The molecule has 0 aliphatic carbocycles. The monoisotopic (exact) mass is 314 g/mol. The number of carbonyl (C=O) groups excluding carboxylic acids is 1. The number of nitrogens with zero attached hydrogens (tertiary/aromatic N) is 1. The summed E-state index contributed by atoms with van der Waals surface area (Å²) in [6.45, 7) is 1.71. The highest BCUT2D eigenvalue weighted by atomic mass is 16.5. The van der Waals surface area contributed by atoms with E-state index in [9.17, 15) is 4.79 Å². The molecule has 2 aromatic rings. The quantitative estimate of drug-likeness (QED) is 0.889. The number of furan rings is 1. The van der Waals surface area contributed by atoms with Crippen LogP contribution in [0.4, 0.5) is 0 Å². The van der Waals surface area contributed by atoms with E-state index >= 15 is 0 Å². The molecule has 0 saturated carbocycles. The number of hydrogen-bond acceptors (Lipinski definition) is 4. The highest BCUT2D eigenvalue weighted by molar-refractivity contribution is 5.83. The molecule has 1 saturated heterocycles. The van der Waals surface area contributed by atoms with E-state index < -0.39 is 6.04 Å². The van der Waals surface area contributed by atoms with Crippen LogP contribution in [0, 0.1) is 0 Å². The number of rotatable bonds is 6. The summed E-state index contributed by atoms with van der Waals surface area (Å²) >= 11 is 0. The molecule has 1 amide bonds. The first-order chi connectivity index (χ1) is 11.2. The summed E-state index contributed by atoms with van der Waals surface area (Å²) in [6, 6.07) is 12.4. The first-order valence-corrected chi connectivity index (χ1v) is 7.97. The molecule has 2 heterocycles. The summed E-state index contributed by atoms with van der Waals surface area (Å²) in [5.41, 5.74) is 6.99. The average Bonchev–Trinajstić information content (AvgIpc) is 3.27. The van der Waals surface area contributed by atoms with Crippen molar-refractivity contribution in [3.05, 3.63) is 60.1 Å². The third-order valence-electron chi connectivity index (χ3n) is 4.11. The lowest BCUT2D eigenvalue weighted by Crippen LogP contribution is -2.42. The molecular formula is C18H22N2O3. The van der Waals surface area contributed by atoms with Gasteiger partial charge in [0.15, 0.2) is 0 Å². The molecule has 2 N–H and O–H groups in total. The van der Waals surface area contributed by atoms with Crippen LogP contribution >= 0.6 is 0 Å². The van der Waals surface area contributed by atoms with Crippen molar-refractivity contribution in [2.45, 2.75) is 31.5 Å². The molecule has 0 bridgehead atoms. The molecule has 23 heavy (non-hydrogen) atoms. The summed E-state index contributed by atoms with van der Waals surface area (Å²) in [6.07, 6.45) is 3.71. The Morgan fingerprint density at radius 1 is 1.26 bits per heavy atom. The average molecular weight is 314 g/mol. The largest absolute Gasteiger partial charge is 0.467 e. The molecule has 1 fully saturated rings. The number of benzene rings is 1. The molecule has 0 spiro atoms. The maximum absolute atomic E-state index is 12.9. The molecule has 2 atom stereocenters. The third-order valence-corrected chi connectivity index (χ3v) is 4.11. The Hall–Kier alpha value is -2.11. The zero-order valence-corrected chi connectivity index (χ0v) is 13.1. The Bertz CT molecular complexity index is 606. The molecule has 1 aliphatic heterocycles. The van der Waals surface area contributed by atoms with Gasteiger partial charge in [-0.1, -0.05) is 30.3 Å². The summed E-state index contributed by atoms with van der Waals surface area (Å²) < 4.78 is 11.1. The second-order valence-electron chi connectivity index (χ2n) is 5.82. The van der Waals surface area contributed by atoms with Crippen LogP contribution in [0.2, 0.25) is 0 Å². The van der Waals surface area contributed by atoms with Crippen LogP contribution in [-0.4, -0.2) is 30.1 Å². The molecular weight excluding hydrogens is 292 g/mol. The summed E-state index contributed by atoms with van der Waals surface area (Å²) in [5, 5.41) is 0. The molecule has 122 valence electrons. The fraction of sp³-hybridized carbons (Fsp3) is 0.389. The zero-order chi connectivity index (χ0) is 16.1. The number of hydrogen-bond donors (Lipinski definition) is 1. The van der Waals surface area contributed by atoms with Crippen LogP contribution in [0.5, 0.6) is 0 Å². The van der Waals surface area contributed by atoms with Gasteiger partial charge in [-0.2, -0.15) is 0 Å². The SMILES string of the molecule is N[C@H](C(=O)N(Cc1ccco1)C[C@H]1CCCO1)c1ccccc1. The summed E-state index contributed by atoms with van der Waals surface area (Å²) in [4.78, 5) is 14.6. The molecule has 1 aliphatic rings. The standard InChI is InChI=1S/C18H22N2O3/c19-17(14-6-2-1-3-7-14)18(21)20(12-15-8-4-10-22-15)13-16-9-5-11-23-16/h1-4,6-8,10,16-17H,5,9,11-13,19H2/t16-,17+/m1/s1. The predicted octanol–water partition coefficient (Wildman–Crippen LogP) is 2.49. The van der Waals surface area contributed by atoms with E-state index in [2.05, 4.69) is 0 Å². The van der Waals surface area contributed by atoms with Gasteiger partial charge in [0.2, 0.25) is 5.91 Å². The number of carbonyl (C=O) groups is 1. The van der Waals surface area contributed by atoms with E-state index in [4.69, 9.17) is 14.9 Å². The van der Waals surface area contributed by atoms with Crippen molar-refractivity contribution in [2.75, 3.05) is 13.2 Å². The van der Waals surface area contributed by atoms with Crippen LogP contribution < -0.4 is 5.73 Å². The van der Waals surface area contributed by atoms with Crippen molar-refractivity contribution < 1.29 is 13.9 Å². The van der Waals surface area contributed by atoms with Crippen molar-refractivity contribution in [1.82, 2.24) is 4.90 Å². The maximum Gasteiger partial charge on any atom is 0.244 e. The first kappa shape index (κ1) is 15.8. The molecule has 0 radical (unpaired) electrons. The summed E-state index contributed by atoms with van der Waals surface area (Å²) in [7, 11) is 0.